The Balaban J connectivity index is 2.44. The molecule has 1 aromatic heterocycles. The second-order valence-electron chi connectivity index (χ2n) is 4.18. The Bertz CT molecular complexity index is 600. The molecule has 2 aromatic rings. The molecule has 0 aliphatic carbocycles. The summed E-state index contributed by atoms with van der Waals surface area (Å²) in [5, 5.41) is 9.17. The van der Waals surface area contributed by atoms with Crippen LogP contribution in [-0.4, -0.2) is 15.6 Å². The minimum Gasteiger partial charge on any atom is -0.477 e. The number of carboxylic acid groups (broad SMARTS) is 1. The molecule has 0 unspecified atom stereocenters. The van der Waals surface area contributed by atoms with E-state index >= 15 is 0 Å². The Kier molecular flexibility index (Phi) is 3.64. The summed E-state index contributed by atoms with van der Waals surface area (Å²) in [6.45, 7) is 1.69. The summed E-state index contributed by atoms with van der Waals surface area (Å²) >= 11 is 0. The highest BCUT2D eigenvalue weighted by atomic mass is 19.1. The molecule has 3 nitrogen and oxygen atoms in total. The Morgan fingerprint density at radius 2 is 1.89 bits per heavy atom. The molecule has 1 heterocycles. The summed E-state index contributed by atoms with van der Waals surface area (Å²) in [4.78, 5) is 11.2. The fourth-order valence-corrected chi connectivity index (χ4v) is 2.05. The van der Waals surface area contributed by atoms with Crippen LogP contribution in [0.25, 0.3) is 0 Å². The van der Waals surface area contributed by atoms with Gasteiger partial charge in [-0.25, -0.2) is 13.6 Å². The Morgan fingerprint density at radius 3 is 2.42 bits per heavy atom. The molecule has 0 bridgehead atoms. The van der Waals surface area contributed by atoms with Crippen LogP contribution >= 0.6 is 0 Å². The standard InChI is InChI=1S/C14H13F2NO2/c1-2-9-6-7-17(13(9)14(18)19)8-10-11(15)4-3-5-12(10)16/h3-7H,2,8H2,1H3,(H,18,19). The Morgan fingerprint density at radius 1 is 1.26 bits per heavy atom. The minimum absolute atomic E-state index is 0.0742. The normalized spacial score (nSPS) is 10.7. The molecule has 0 fully saturated rings. The number of aromatic nitrogens is 1. The topological polar surface area (TPSA) is 42.2 Å². The molecule has 2 rings (SSSR count). The maximum Gasteiger partial charge on any atom is 0.352 e. The second kappa shape index (κ2) is 5.22. The Hall–Kier alpha value is -2.17. The van der Waals surface area contributed by atoms with Crippen LogP contribution in [0.2, 0.25) is 0 Å². The van der Waals surface area contributed by atoms with E-state index in [1.807, 2.05) is 6.92 Å². The van der Waals surface area contributed by atoms with Gasteiger partial charge in [-0.2, -0.15) is 0 Å². The summed E-state index contributed by atoms with van der Waals surface area (Å²) in [6, 6.07) is 5.24. The van der Waals surface area contributed by atoms with Crippen molar-refractivity contribution in [2.24, 2.45) is 0 Å². The van der Waals surface area contributed by atoms with Crippen LogP contribution in [0.15, 0.2) is 30.5 Å². The number of aromatic carboxylic acids is 1. The largest absolute Gasteiger partial charge is 0.477 e. The van der Waals surface area contributed by atoms with Crippen molar-refractivity contribution in [2.45, 2.75) is 19.9 Å². The number of carboxylic acids is 1. The van der Waals surface area contributed by atoms with Crippen LogP contribution in [0, 0.1) is 11.6 Å². The van der Waals surface area contributed by atoms with E-state index in [-0.39, 0.29) is 17.8 Å². The molecule has 0 amide bonds. The highest BCUT2D eigenvalue weighted by molar-refractivity contribution is 5.87. The maximum absolute atomic E-state index is 13.6. The lowest BCUT2D eigenvalue weighted by atomic mass is 10.1. The van der Waals surface area contributed by atoms with Crippen molar-refractivity contribution < 1.29 is 18.7 Å². The first-order valence-corrected chi connectivity index (χ1v) is 5.88. The van der Waals surface area contributed by atoms with Gasteiger partial charge in [0.05, 0.1) is 6.54 Å². The number of rotatable bonds is 4. The van der Waals surface area contributed by atoms with Gasteiger partial charge in [-0.15, -0.1) is 0 Å². The number of hydrogen-bond acceptors (Lipinski definition) is 1. The summed E-state index contributed by atoms with van der Waals surface area (Å²) in [7, 11) is 0. The van der Waals surface area contributed by atoms with Gasteiger partial charge in [0.15, 0.2) is 0 Å². The summed E-state index contributed by atoms with van der Waals surface area (Å²) in [6.07, 6.45) is 2.09. The van der Waals surface area contributed by atoms with Crippen molar-refractivity contribution in [1.82, 2.24) is 4.57 Å². The second-order valence-corrected chi connectivity index (χ2v) is 4.18. The first-order valence-electron chi connectivity index (χ1n) is 5.88. The van der Waals surface area contributed by atoms with Gasteiger partial charge in [0.1, 0.15) is 17.3 Å². The van der Waals surface area contributed by atoms with E-state index < -0.39 is 17.6 Å². The van der Waals surface area contributed by atoms with Crippen LogP contribution in [0.5, 0.6) is 0 Å². The number of hydrogen-bond donors (Lipinski definition) is 1. The van der Waals surface area contributed by atoms with Gasteiger partial charge in [0.2, 0.25) is 0 Å². The van der Waals surface area contributed by atoms with Gasteiger partial charge in [-0.3, -0.25) is 0 Å². The van der Waals surface area contributed by atoms with E-state index in [9.17, 15) is 18.7 Å². The van der Waals surface area contributed by atoms with Crippen molar-refractivity contribution >= 4 is 5.97 Å². The third kappa shape index (κ3) is 2.50. The Labute approximate surface area is 109 Å². The van der Waals surface area contributed by atoms with Crippen molar-refractivity contribution in [3.05, 3.63) is 58.9 Å². The number of aryl methyl sites for hydroxylation is 1. The monoisotopic (exact) mass is 265 g/mol. The lowest BCUT2D eigenvalue weighted by Gasteiger charge is -2.09. The molecular weight excluding hydrogens is 252 g/mol. The zero-order valence-electron chi connectivity index (χ0n) is 10.4. The van der Waals surface area contributed by atoms with E-state index in [2.05, 4.69) is 0 Å². The highest BCUT2D eigenvalue weighted by Crippen LogP contribution is 2.18. The number of halogens is 2. The first-order chi connectivity index (χ1) is 9.04. The summed E-state index contributed by atoms with van der Waals surface area (Å²) < 4.78 is 28.5. The number of benzene rings is 1. The third-order valence-electron chi connectivity index (χ3n) is 3.02. The van der Waals surface area contributed by atoms with Crippen LogP contribution in [-0.2, 0) is 13.0 Å². The predicted octanol–water partition coefficient (Wildman–Crippen LogP) is 3.08. The molecular formula is C14H13F2NO2. The van der Waals surface area contributed by atoms with Gasteiger partial charge in [0, 0.05) is 11.8 Å². The lowest BCUT2D eigenvalue weighted by molar-refractivity contribution is 0.0684. The van der Waals surface area contributed by atoms with Gasteiger partial charge in [-0.1, -0.05) is 13.0 Å². The molecule has 0 saturated heterocycles. The molecule has 0 saturated carbocycles. The van der Waals surface area contributed by atoms with Crippen LogP contribution in [0.3, 0.4) is 0 Å². The van der Waals surface area contributed by atoms with Crippen LogP contribution < -0.4 is 0 Å². The van der Waals surface area contributed by atoms with E-state index in [1.165, 1.54) is 16.8 Å². The molecule has 0 aliphatic rings. The average Bonchev–Trinajstić information content (AvgIpc) is 2.77. The molecule has 0 atom stereocenters. The highest BCUT2D eigenvalue weighted by Gasteiger charge is 2.17. The first kappa shape index (κ1) is 13.3. The van der Waals surface area contributed by atoms with E-state index in [4.69, 9.17) is 0 Å². The maximum atomic E-state index is 13.6. The fourth-order valence-electron chi connectivity index (χ4n) is 2.05. The van der Waals surface area contributed by atoms with E-state index in [0.29, 0.717) is 12.0 Å². The zero-order chi connectivity index (χ0) is 14.0. The molecule has 100 valence electrons. The molecule has 19 heavy (non-hydrogen) atoms. The van der Waals surface area contributed by atoms with Crippen molar-refractivity contribution in [1.29, 1.82) is 0 Å². The number of nitrogens with zero attached hydrogens (tertiary/aromatic N) is 1. The van der Waals surface area contributed by atoms with Crippen molar-refractivity contribution in [3.8, 4) is 0 Å². The molecule has 5 heteroatoms. The van der Waals surface area contributed by atoms with Crippen LogP contribution in [0.1, 0.15) is 28.5 Å². The SMILES string of the molecule is CCc1ccn(Cc2c(F)cccc2F)c1C(=O)O. The van der Waals surface area contributed by atoms with E-state index in [0.717, 1.165) is 12.1 Å². The van der Waals surface area contributed by atoms with Crippen molar-refractivity contribution in [3.63, 3.8) is 0 Å². The molecule has 0 aliphatic heterocycles. The lowest BCUT2D eigenvalue weighted by Crippen LogP contribution is -2.12. The molecule has 1 N–H and O–H groups in total. The fraction of sp³-hybridized carbons (Fsp3) is 0.214. The molecule has 0 radical (unpaired) electrons. The van der Waals surface area contributed by atoms with Gasteiger partial charge in [-0.05, 0) is 30.2 Å². The van der Waals surface area contributed by atoms with Crippen LogP contribution in [0.4, 0.5) is 8.78 Å². The third-order valence-corrected chi connectivity index (χ3v) is 3.02. The van der Waals surface area contributed by atoms with Gasteiger partial charge < -0.3 is 9.67 Å². The van der Waals surface area contributed by atoms with Crippen molar-refractivity contribution in [2.75, 3.05) is 0 Å². The van der Waals surface area contributed by atoms with Gasteiger partial charge >= 0.3 is 5.97 Å². The smallest absolute Gasteiger partial charge is 0.352 e. The zero-order valence-corrected chi connectivity index (χ0v) is 10.4. The molecule has 0 spiro atoms. The summed E-state index contributed by atoms with van der Waals surface area (Å²) in [5.41, 5.74) is 0.581. The number of carbonyl (C=O) groups is 1. The molecule has 1 aromatic carbocycles. The summed E-state index contributed by atoms with van der Waals surface area (Å²) in [5.74, 6) is -2.45. The quantitative estimate of drug-likeness (QED) is 0.923. The minimum atomic E-state index is -1.10. The van der Waals surface area contributed by atoms with E-state index in [1.54, 1.807) is 6.07 Å². The van der Waals surface area contributed by atoms with Gasteiger partial charge in [0.25, 0.3) is 0 Å². The predicted molar refractivity (Wildman–Crippen MR) is 66.2 cm³/mol. The average molecular weight is 265 g/mol.